The third kappa shape index (κ3) is 2.62. The Morgan fingerprint density at radius 1 is 1.18 bits per heavy atom. The van der Waals surface area contributed by atoms with E-state index in [1.807, 2.05) is 0 Å². The van der Waals surface area contributed by atoms with Crippen molar-refractivity contribution in [3.8, 4) is 0 Å². The summed E-state index contributed by atoms with van der Waals surface area (Å²) in [5.74, 6) is 0.0812. The highest BCUT2D eigenvalue weighted by Crippen LogP contribution is 2.33. The van der Waals surface area contributed by atoms with Crippen molar-refractivity contribution in [1.29, 1.82) is 0 Å². The summed E-state index contributed by atoms with van der Waals surface area (Å²) in [6.45, 7) is 3.02. The summed E-state index contributed by atoms with van der Waals surface area (Å²) in [5.41, 5.74) is 0.158. The summed E-state index contributed by atoms with van der Waals surface area (Å²) in [6, 6.07) is 3.06. The first kappa shape index (κ1) is 15.8. The number of nitrogens with zero attached hydrogens (tertiary/aromatic N) is 4. The van der Waals surface area contributed by atoms with E-state index in [2.05, 4.69) is 9.97 Å². The number of benzene rings is 1. The Kier molecular flexibility index (Phi) is 4.09. The van der Waals surface area contributed by atoms with Gasteiger partial charge in [-0.15, -0.1) is 0 Å². The molecule has 116 valence electrons. The lowest BCUT2D eigenvalue weighted by Crippen LogP contribution is -2.29. The Labute approximate surface area is 127 Å². The van der Waals surface area contributed by atoms with Crippen molar-refractivity contribution in [3.05, 3.63) is 52.0 Å². The number of hydrogen-bond acceptors (Lipinski definition) is 6. The second-order valence-electron chi connectivity index (χ2n) is 4.67. The second kappa shape index (κ2) is 5.68. The van der Waals surface area contributed by atoms with Gasteiger partial charge in [0.25, 0.3) is 15.7 Å². The van der Waals surface area contributed by atoms with Crippen LogP contribution in [-0.4, -0.2) is 30.4 Å². The van der Waals surface area contributed by atoms with E-state index >= 15 is 0 Å². The summed E-state index contributed by atoms with van der Waals surface area (Å²) in [5, 5.41) is 11.3. The van der Waals surface area contributed by atoms with E-state index in [9.17, 15) is 18.5 Å². The van der Waals surface area contributed by atoms with E-state index in [1.165, 1.54) is 45.6 Å². The molecular weight excluding hydrogens is 308 g/mol. The maximum absolute atomic E-state index is 12.8. The maximum atomic E-state index is 12.8. The fourth-order valence-corrected chi connectivity index (χ4v) is 3.61. The summed E-state index contributed by atoms with van der Waals surface area (Å²) < 4.78 is 26.5. The second-order valence-corrected chi connectivity index (χ2v) is 6.58. The highest BCUT2D eigenvalue weighted by Gasteiger charge is 2.33. The number of nitro groups is 1. The van der Waals surface area contributed by atoms with Crippen molar-refractivity contribution in [3.63, 3.8) is 0 Å². The lowest BCUT2D eigenvalue weighted by Gasteiger charge is -2.19. The molecule has 0 N–H and O–H groups in total. The number of anilines is 1. The minimum atomic E-state index is -4.13. The molecular formula is C13H14N4O4S. The number of nitro benzene ring substituents is 1. The molecule has 8 nitrogen and oxygen atoms in total. The Morgan fingerprint density at radius 2 is 1.82 bits per heavy atom. The number of hydrogen-bond donors (Lipinski definition) is 0. The van der Waals surface area contributed by atoms with E-state index in [4.69, 9.17) is 0 Å². The topological polar surface area (TPSA) is 106 Å². The van der Waals surface area contributed by atoms with Crippen LogP contribution in [0.25, 0.3) is 0 Å². The summed E-state index contributed by atoms with van der Waals surface area (Å²) >= 11 is 0. The molecule has 9 heteroatoms. The average Bonchev–Trinajstić information content (AvgIpc) is 2.48. The molecule has 0 saturated heterocycles. The van der Waals surface area contributed by atoms with Gasteiger partial charge in [0.2, 0.25) is 0 Å². The molecule has 0 unspecified atom stereocenters. The Morgan fingerprint density at radius 3 is 2.36 bits per heavy atom. The minimum Gasteiger partial charge on any atom is -0.259 e. The van der Waals surface area contributed by atoms with Crippen molar-refractivity contribution < 1.29 is 13.3 Å². The molecule has 2 rings (SSSR count). The van der Waals surface area contributed by atoms with Crippen molar-refractivity contribution in [2.24, 2.45) is 0 Å². The van der Waals surface area contributed by atoms with Gasteiger partial charge in [0.05, 0.1) is 11.1 Å². The standard InChI is InChI=1S/C13H14N4O4S/c1-9-4-5-10(2)13(12(9)17(18)19)22(20,21)16(3)11-8-14-6-7-15-11/h4-8H,1-3H3. The molecule has 1 aromatic carbocycles. The molecule has 0 bridgehead atoms. The third-order valence-electron chi connectivity index (χ3n) is 3.20. The fraction of sp³-hybridized carbons (Fsp3) is 0.231. The van der Waals surface area contributed by atoms with Crippen LogP contribution < -0.4 is 4.31 Å². The smallest absolute Gasteiger partial charge is 0.259 e. The number of aryl methyl sites for hydroxylation is 2. The monoisotopic (exact) mass is 322 g/mol. The first-order valence-electron chi connectivity index (χ1n) is 6.26. The summed E-state index contributed by atoms with van der Waals surface area (Å²) in [6.07, 6.45) is 4.03. The van der Waals surface area contributed by atoms with Gasteiger partial charge in [0.15, 0.2) is 10.7 Å². The molecule has 0 atom stereocenters. The van der Waals surface area contributed by atoms with E-state index < -0.39 is 20.6 Å². The van der Waals surface area contributed by atoms with Crippen LogP contribution in [0.4, 0.5) is 11.5 Å². The number of rotatable bonds is 4. The van der Waals surface area contributed by atoms with Crippen molar-refractivity contribution >= 4 is 21.5 Å². The average molecular weight is 322 g/mol. The summed E-state index contributed by atoms with van der Waals surface area (Å²) in [4.78, 5) is 18.0. The molecule has 0 radical (unpaired) electrons. The van der Waals surface area contributed by atoms with E-state index in [1.54, 1.807) is 6.07 Å². The van der Waals surface area contributed by atoms with Crippen LogP contribution >= 0.6 is 0 Å². The highest BCUT2D eigenvalue weighted by atomic mass is 32.2. The minimum absolute atomic E-state index is 0.0812. The molecule has 2 aromatic rings. The molecule has 0 fully saturated rings. The lowest BCUT2D eigenvalue weighted by molar-refractivity contribution is -0.388. The number of sulfonamides is 1. The van der Waals surface area contributed by atoms with Gasteiger partial charge in [-0.25, -0.2) is 13.4 Å². The van der Waals surface area contributed by atoms with Crippen LogP contribution in [0.15, 0.2) is 35.6 Å². The van der Waals surface area contributed by atoms with Gasteiger partial charge < -0.3 is 0 Å². The van der Waals surface area contributed by atoms with Crippen LogP contribution in [0, 0.1) is 24.0 Å². The first-order chi connectivity index (χ1) is 10.3. The van der Waals surface area contributed by atoms with Gasteiger partial charge in [-0.1, -0.05) is 12.1 Å². The van der Waals surface area contributed by atoms with Crippen LogP contribution in [0.2, 0.25) is 0 Å². The van der Waals surface area contributed by atoms with Crippen LogP contribution in [0.1, 0.15) is 11.1 Å². The van der Waals surface area contributed by atoms with Gasteiger partial charge in [-0.2, -0.15) is 0 Å². The molecule has 0 amide bonds. The van der Waals surface area contributed by atoms with Gasteiger partial charge >= 0.3 is 0 Å². The third-order valence-corrected chi connectivity index (χ3v) is 5.14. The van der Waals surface area contributed by atoms with Crippen LogP contribution in [-0.2, 0) is 10.0 Å². The quantitative estimate of drug-likeness (QED) is 0.628. The fourth-order valence-electron chi connectivity index (χ4n) is 2.04. The first-order valence-corrected chi connectivity index (χ1v) is 7.70. The zero-order valence-electron chi connectivity index (χ0n) is 12.2. The Balaban J connectivity index is 2.70. The predicted molar refractivity (Wildman–Crippen MR) is 80.2 cm³/mol. The molecule has 22 heavy (non-hydrogen) atoms. The molecule has 0 spiro atoms. The molecule has 0 aliphatic heterocycles. The highest BCUT2D eigenvalue weighted by molar-refractivity contribution is 7.93. The van der Waals surface area contributed by atoms with Crippen LogP contribution in [0.5, 0.6) is 0 Å². The number of aromatic nitrogens is 2. The van der Waals surface area contributed by atoms with E-state index in [-0.39, 0.29) is 16.3 Å². The lowest BCUT2D eigenvalue weighted by atomic mass is 10.1. The van der Waals surface area contributed by atoms with Crippen LogP contribution in [0.3, 0.4) is 0 Å². The zero-order chi connectivity index (χ0) is 16.5. The van der Waals surface area contributed by atoms with E-state index in [0.29, 0.717) is 5.56 Å². The van der Waals surface area contributed by atoms with Crippen molar-refractivity contribution in [2.75, 3.05) is 11.4 Å². The zero-order valence-corrected chi connectivity index (χ0v) is 13.0. The molecule has 0 aliphatic carbocycles. The largest absolute Gasteiger partial charge is 0.293 e. The predicted octanol–water partition coefficient (Wildman–Crippen LogP) is 1.83. The normalized spacial score (nSPS) is 11.2. The SMILES string of the molecule is Cc1ccc(C)c(S(=O)(=O)N(C)c2cnccn2)c1[N+](=O)[O-]. The van der Waals surface area contributed by atoms with Gasteiger partial charge in [-0.05, 0) is 19.4 Å². The van der Waals surface area contributed by atoms with Gasteiger partial charge in [0.1, 0.15) is 0 Å². The molecule has 1 aromatic heterocycles. The van der Waals surface area contributed by atoms with E-state index in [0.717, 1.165) is 4.31 Å². The summed E-state index contributed by atoms with van der Waals surface area (Å²) in [7, 11) is -2.85. The van der Waals surface area contributed by atoms with Crippen molar-refractivity contribution in [2.45, 2.75) is 18.7 Å². The maximum Gasteiger partial charge on any atom is 0.293 e. The Hall–Kier alpha value is -2.55. The van der Waals surface area contributed by atoms with Gasteiger partial charge in [0, 0.05) is 25.0 Å². The molecule has 0 aliphatic rings. The van der Waals surface area contributed by atoms with Gasteiger partial charge in [-0.3, -0.25) is 19.4 Å². The molecule has 0 saturated carbocycles. The van der Waals surface area contributed by atoms with Crippen molar-refractivity contribution in [1.82, 2.24) is 9.97 Å². The Bertz CT molecular complexity index is 821. The molecule has 1 heterocycles.